The number of sulfonamides is 1. The predicted molar refractivity (Wildman–Crippen MR) is 81.2 cm³/mol. The Morgan fingerprint density at radius 3 is 2.30 bits per heavy atom. The summed E-state index contributed by atoms with van der Waals surface area (Å²) in [6.45, 7) is 5.97. The molecule has 20 heavy (non-hydrogen) atoms. The minimum absolute atomic E-state index is 0.105. The van der Waals surface area contributed by atoms with E-state index in [1.54, 1.807) is 0 Å². The molecule has 0 saturated heterocycles. The van der Waals surface area contributed by atoms with Gasteiger partial charge in [0, 0.05) is 12.7 Å². The topological polar surface area (TPSA) is 66.5 Å². The van der Waals surface area contributed by atoms with Crippen molar-refractivity contribution < 1.29 is 13.2 Å². The minimum atomic E-state index is -3.36. The summed E-state index contributed by atoms with van der Waals surface area (Å²) < 4.78 is 23.6. The van der Waals surface area contributed by atoms with Gasteiger partial charge in [0.15, 0.2) is 0 Å². The number of nitrogens with one attached hydrogen (secondary N) is 1. The molecule has 1 amide bonds. The molecule has 0 radical (unpaired) electrons. The molecule has 0 atom stereocenters. The van der Waals surface area contributed by atoms with Crippen molar-refractivity contribution >= 4 is 21.6 Å². The highest BCUT2D eigenvalue weighted by Crippen LogP contribution is 2.29. The van der Waals surface area contributed by atoms with Crippen LogP contribution in [0.2, 0.25) is 0 Å². The van der Waals surface area contributed by atoms with Crippen LogP contribution in [0.1, 0.15) is 26.3 Å². The van der Waals surface area contributed by atoms with Crippen LogP contribution in [0.3, 0.4) is 0 Å². The van der Waals surface area contributed by atoms with Gasteiger partial charge in [0.1, 0.15) is 0 Å². The van der Waals surface area contributed by atoms with Crippen molar-refractivity contribution in [1.82, 2.24) is 4.31 Å². The van der Waals surface area contributed by atoms with E-state index in [0.717, 1.165) is 16.1 Å². The Bertz CT molecular complexity index is 589. The number of likely N-dealkylation sites (N-methyl/N-ethyl adjacent to an activating group) is 1. The lowest BCUT2D eigenvalue weighted by Crippen LogP contribution is -2.34. The minimum Gasteiger partial charge on any atom is -0.325 e. The maximum absolute atomic E-state index is 11.9. The van der Waals surface area contributed by atoms with Gasteiger partial charge in [-0.1, -0.05) is 39.0 Å². The van der Waals surface area contributed by atoms with Crippen molar-refractivity contribution in [2.75, 3.05) is 25.2 Å². The number of benzene rings is 1. The molecule has 5 nitrogen and oxygen atoms in total. The molecule has 0 aromatic heterocycles. The lowest BCUT2D eigenvalue weighted by atomic mass is 9.86. The third-order valence-electron chi connectivity index (χ3n) is 2.94. The highest BCUT2D eigenvalue weighted by atomic mass is 32.2. The van der Waals surface area contributed by atoms with Gasteiger partial charge in [-0.15, -0.1) is 0 Å². The van der Waals surface area contributed by atoms with E-state index in [1.807, 2.05) is 24.3 Å². The third-order valence-corrected chi connectivity index (χ3v) is 4.20. The summed E-state index contributed by atoms with van der Waals surface area (Å²) >= 11 is 0. The molecule has 0 aliphatic carbocycles. The molecule has 0 bridgehead atoms. The predicted octanol–water partition coefficient (Wildman–Crippen LogP) is 1.81. The van der Waals surface area contributed by atoms with Crippen LogP contribution in [0.25, 0.3) is 0 Å². The Balaban J connectivity index is 2.87. The molecule has 0 aliphatic heterocycles. The molecule has 1 aromatic rings. The molecule has 0 fully saturated rings. The fourth-order valence-corrected chi connectivity index (χ4v) is 2.11. The zero-order valence-electron chi connectivity index (χ0n) is 12.6. The van der Waals surface area contributed by atoms with Crippen LogP contribution >= 0.6 is 0 Å². The highest BCUT2D eigenvalue weighted by Gasteiger charge is 2.20. The van der Waals surface area contributed by atoms with E-state index in [-0.39, 0.29) is 17.9 Å². The average molecular weight is 298 g/mol. The van der Waals surface area contributed by atoms with E-state index in [9.17, 15) is 13.2 Å². The van der Waals surface area contributed by atoms with E-state index in [2.05, 4.69) is 26.1 Å². The summed E-state index contributed by atoms with van der Waals surface area (Å²) in [5.74, 6) is -0.352. The van der Waals surface area contributed by atoms with Gasteiger partial charge in [0.25, 0.3) is 0 Å². The third kappa shape index (κ3) is 4.61. The number of para-hydroxylation sites is 1. The van der Waals surface area contributed by atoms with Gasteiger partial charge in [-0.25, -0.2) is 8.42 Å². The van der Waals surface area contributed by atoms with Crippen LogP contribution in [0.4, 0.5) is 5.69 Å². The first-order valence-electron chi connectivity index (χ1n) is 6.32. The fraction of sp³-hybridized carbons (Fsp3) is 0.500. The van der Waals surface area contributed by atoms with Crippen molar-refractivity contribution in [2.24, 2.45) is 0 Å². The van der Waals surface area contributed by atoms with Crippen molar-refractivity contribution in [3.63, 3.8) is 0 Å². The van der Waals surface area contributed by atoms with Gasteiger partial charge in [-0.3, -0.25) is 4.79 Å². The number of hydrogen-bond acceptors (Lipinski definition) is 3. The first-order chi connectivity index (χ1) is 9.01. The second-order valence-electron chi connectivity index (χ2n) is 5.86. The van der Waals surface area contributed by atoms with Gasteiger partial charge in [-0.05, 0) is 17.0 Å². The lowest BCUT2D eigenvalue weighted by Gasteiger charge is -2.23. The molecule has 1 rings (SSSR count). The van der Waals surface area contributed by atoms with Crippen molar-refractivity contribution in [3.05, 3.63) is 29.8 Å². The second-order valence-corrected chi connectivity index (χ2v) is 7.95. The molecular formula is C14H22N2O3S. The summed E-state index contributed by atoms with van der Waals surface area (Å²) in [5, 5.41) is 2.78. The van der Waals surface area contributed by atoms with Gasteiger partial charge in [0.05, 0.1) is 12.8 Å². The van der Waals surface area contributed by atoms with E-state index in [4.69, 9.17) is 0 Å². The Kier molecular flexibility index (Phi) is 4.94. The van der Waals surface area contributed by atoms with Crippen molar-refractivity contribution in [1.29, 1.82) is 0 Å². The number of anilines is 1. The average Bonchev–Trinajstić information content (AvgIpc) is 2.26. The molecule has 0 saturated carbocycles. The molecule has 6 heteroatoms. The van der Waals surface area contributed by atoms with Crippen LogP contribution in [0, 0.1) is 0 Å². The Morgan fingerprint density at radius 1 is 1.25 bits per heavy atom. The van der Waals surface area contributed by atoms with Gasteiger partial charge < -0.3 is 5.32 Å². The summed E-state index contributed by atoms with van der Waals surface area (Å²) in [6, 6.07) is 7.53. The van der Waals surface area contributed by atoms with Crippen LogP contribution in [-0.2, 0) is 20.2 Å². The summed E-state index contributed by atoms with van der Waals surface area (Å²) in [6.07, 6.45) is 1.07. The molecular weight excluding hydrogens is 276 g/mol. The largest absolute Gasteiger partial charge is 0.325 e. The molecule has 1 N–H and O–H groups in total. The van der Waals surface area contributed by atoms with Crippen molar-refractivity contribution in [3.8, 4) is 0 Å². The first kappa shape index (κ1) is 16.7. The van der Waals surface area contributed by atoms with Crippen LogP contribution in [-0.4, -0.2) is 38.5 Å². The molecule has 0 spiro atoms. The van der Waals surface area contributed by atoms with Gasteiger partial charge in [0.2, 0.25) is 15.9 Å². The molecule has 112 valence electrons. The lowest BCUT2D eigenvalue weighted by molar-refractivity contribution is -0.116. The van der Waals surface area contributed by atoms with Gasteiger partial charge >= 0.3 is 0 Å². The Labute approximate surface area is 121 Å². The summed E-state index contributed by atoms with van der Waals surface area (Å²) in [5.41, 5.74) is 1.62. The maximum Gasteiger partial charge on any atom is 0.239 e. The number of rotatable bonds is 4. The zero-order valence-corrected chi connectivity index (χ0v) is 13.4. The Morgan fingerprint density at radius 2 is 1.80 bits per heavy atom. The second kappa shape index (κ2) is 5.93. The summed E-state index contributed by atoms with van der Waals surface area (Å²) in [4.78, 5) is 11.9. The fourth-order valence-electron chi connectivity index (χ4n) is 1.76. The van der Waals surface area contributed by atoms with Gasteiger partial charge in [-0.2, -0.15) is 4.31 Å². The van der Waals surface area contributed by atoms with Crippen LogP contribution in [0.15, 0.2) is 24.3 Å². The monoisotopic (exact) mass is 298 g/mol. The van der Waals surface area contributed by atoms with E-state index in [0.29, 0.717) is 5.69 Å². The van der Waals surface area contributed by atoms with Crippen LogP contribution in [0.5, 0.6) is 0 Å². The molecule has 0 unspecified atom stereocenters. The van der Waals surface area contributed by atoms with E-state index < -0.39 is 10.0 Å². The standard InChI is InChI=1S/C14H22N2O3S/c1-14(2,3)11-8-6-7-9-12(11)15-13(17)10-16(4)20(5,18)19/h6-9H,10H2,1-5H3,(H,15,17). The number of hydrogen-bond donors (Lipinski definition) is 1. The normalized spacial score (nSPS) is 12.5. The number of amides is 1. The Hall–Kier alpha value is -1.40. The van der Waals surface area contributed by atoms with E-state index >= 15 is 0 Å². The highest BCUT2D eigenvalue weighted by molar-refractivity contribution is 7.88. The maximum atomic E-state index is 11.9. The molecule has 0 aliphatic rings. The number of nitrogens with zero attached hydrogens (tertiary/aromatic N) is 1. The van der Waals surface area contributed by atoms with Crippen molar-refractivity contribution in [2.45, 2.75) is 26.2 Å². The smallest absolute Gasteiger partial charge is 0.239 e. The SMILES string of the molecule is CN(CC(=O)Nc1ccccc1C(C)(C)C)S(C)(=O)=O. The number of carbonyl (C=O) groups is 1. The first-order valence-corrected chi connectivity index (χ1v) is 8.17. The van der Waals surface area contributed by atoms with E-state index in [1.165, 1.54) is 7.05 Å². The summed E-state index contributed by atoms with van der Waals surface area (Å²) in [7, 11) is -1.98. The quantitative estimate of drug-likeness (QED) is 0.922. The zero-order chi connectivity index (χ0) is 15.6. The molecule has 0 heterocycles. The molecule has 1 aromatic carbocycles. The number of carbonyl (C=O) groups excluding carboxylic acids is 1. The van der Waals surface area contributed by atoms with Crippen LogP contribution < -0.4 is 5.32 Å².